The van der Waals surface area contributed by atoms with Crippen molar-refractivity contribution < 1.29 is 9.84 Å². The Morgan fingerprint density at radius 3 is 2.35 bits per heavy atom. The Morgan fingerprint density at radius 2 is 1.82 bits per heavy atom. The van der Waals surface area contributed by atoms with Crippen LogP contribution in [0.5, 0.6) is 0 Å². The number of rotatable bonds is 6. The zero-order valence-electron chi connectivity index (χ0n) is 10.8. The van der Waals surface area contributed by atoms with Crippen molar-refractivity contribution in [2.75, 3.05) is 13.9 Å². The number of ether oxygens (including phenoxy) is 1. The van der Waals surface area contributed by atoms with Gasteiger partial charge in [0.25, 0.3) is 0 Å². The van der Waals surface area contributed by atoms with E-state index in [0.29, 0.717) is 0 Å². The van der Waals surface area contributed by atoms with Crippen LogP contribution in [0.4, 0.5) is 0 Å². The first kappa shape index (κ1) is 16.4. The average Bonchev–Trinajstić information content (AvgIpc) is 2.37. The van der Waals surface area contributed by atoms with Crippen molar-refractivity contribution in [1.29, 1.82) is 0 Å². The minimum atomic E-state index is -0.181. The molecule has 0 aliphatic heterocycles. The fourth-order valence-electron chi connectivity index (χ4n) is 1.44. The molecule has 1 N–H and O–H groups in total. The first-order chi connectivity index (χ1) is 8.26. The number of aliphatic hydroxyl groups excluding tert-OH is 1. The molecule has 0 aliphatic carbocycles. The minimum absolute atomic E-state index is 0.181. The molecule has 2 nitrogen and oxygen atoms in total. The van der Waals surface area contributed by atoms with Gasteiger partial charge in [0.2, 0.25) is 0 Å². The van der Waals surface area contributed by atoms with Gasteiger partial charge in [-0.2, -0.15) is 0 Å². The average molecular weight is 259 g/mol. The number of benzene rings is 1. The summed E-state index contributed by atoms with van der Waals surface area (Å²) >= 11 is 6.04. The van der Waals surface area contributed by atoms with Gasteiger partial charge in [0.15, 0.2) is 0 Å². The van der Waals surface area contributed by atoms with Gasteiger partial charge in [-0.25, -0.2) is 0 Å². The third kappa shape index (κ3) is 9.16. The van der Waals surface area contributed by atoms with Crippen molar-refractivity contribution in [2.24, 2.45) is 0 Å². The molecule has 0 unspecified atom stereocenters. The lowest BCUT2D eigenvalue weighted by atomic mass is 10.1. The van der Waals surface area contributed by atoms with Gasteiger partial charge in [-0.1, -0.05) is 56.0 Å². The normalized spacial score (nSPS) is 9.65. The molecule has 98 valence electrons. The molecule has 0 spiro atoms. The summed E-state index contributed by atoms with van der Waals surface area (Å²) in [6, 6.07) is 8.13. The molecule has 0 aromatic heterocycles. The molecule has 1 aromatic carbocycles. The van der Waals surface area contributed by atoms with Gasteiger partial charge in [0.05, 0.1) is 0 Å². The molecule has 0 radical (unpaired) electrons. The molecule has 17 heavy (non-hydrogen) atoms. The summed E-state index contributed by atoms with van der Waals surface area (Å²) in [5.41, 5.74) is 1.29. The number of aliphatic hydroxyl groups is 1. The zero-order chi connectivity index (χ0) is 12.9. The van der Waals surface area contributed by atoms with Crippen LogP contribution in [0.3, 0.4) is 0 Å². The van der Waals surface area contributed by atoms with Crippen LogP contribution in [0.15, 0.2) is 24.3 Å². The SMILES string of the molecule is CCCCCCc1ccccc1Cl.COCO. The third-order valence-electron chi connectivity index (χ3n) is 2.39. The van der Waals surface area contributed by atoms with Crippen molar-refractivity contribution in [1.82, 2.24) is 0 Å². The molecule has 0 saturated heterocycles. The lowest BCUT2D eigenvalue weighted by molar-refractivity contribution is 0.0325. The van der Waals surface area contributed by atoms with Crippen molar-refractivity contribution in [3.05, 3.63) is 34.9 Å². The van der Waals surface area contributed by atoms with Crippen LogP contribution in [-0.4, -0.2) is 19.0 Å². The Bertz CT molecular complexity index is 275. The first-order valence-electron chi connectivity index (χ1n) is 6.09. The second-order valence-corrected chi connectivity index (χ2v) is 4.23. The minimum Gasteiger partial charge on any atom is -0.371 e. The highest BCUT2D eigenvalue weighted by molar-refractivity contribution is 6.31. The van der Waals surface area contributed by atoms with Crippen LogP contribution in [0.1, 0.15) is 38.2 Å². The monoisotopic (exact) mass is 258 g/mol. The quantitative estimate of drug-likeness (QED) is 0.616. The molecule has 3 heteroatoms. The molecule has 0 heterocycles. The molecule has 0 saturated carbocycles. The van der Waals surface area contributed by atoms with Gasteiger partial charge >= 0.3 is 0 Å². The van der Waals surface area contributed by atoms with E-state index < -0.39 is 0 Å². The highest BCUT2D eigenvalue weighted by atomic mass is 35.5. The van der Waals surface area contributed by atoms with Crippen LogP contribution in [0.2, 0.25) is 5.02 Å². The maximum absolute atomic E-state index is 7.65. The molecule has 0 atom stereocenters. The molecule has 1 aromatic rings. The molecule has 1 rings (SSSR count). The van der Waals surface area contributed by atoms with E-state index in [2.05, 4.69) is 23.8 Å². The molecular weight excluding hydrogens is 236 g/mol. The Labute approximate surface area is 110 Å². The number of aryl methyl sites for hydroxylation is 1. The first-order valence-corrected chi connectivity index (χ1v) is 6.47. The summed E-state index contributed by atoms with van der Waals surface area (Å²) in [6.07, 6.45) is 6.34. The van der Waals surface area contributed by atoms with Crippen LogP contribution in [0.25, 0.3) is 0 Å². The van der Waals surface area contributed by atoms with Gasteiger partial charge in [-0.15, -0.1) is 0 Å². The van der Waals surface area contributed by atoms with E-state index in [9.17, 15) is 0 Å². The van der Waals surface area contributed by atoms with E-state index in [1.54, 1.807) is 0 Å². The summed E-state index contributed by atoms with van der Waals surface area (Å²) in [5.74, 6) is 0. The molecule has 0 amide bonds. The number of hydrogen-bond acceptors (Lipinski definition) is 2. The predicted octanol–water partition coefficient (Wildman–Crippen LogP) is 4.05. The third-order valence-corrected chi connectivity index (χ3v) is 2.76. The maximum atomic E-state index is 7.65. The van der Waals surface area contributed by atoms with Gasteiger partial charge in [0.1, 0.15) is 6.79 Å². The van der Waals surface area contributed by atoms with E-state index in [-0.39, 0.29) is 6.79 Å². The Kier molecular flexibility index (Phi) is 11.5. The highest BCUT2D eigenvalue weighted by Crippen LogP contribution is 2.17. The van der Waals surface area contributed by atoms with Crippen molar-refractivity contribution in [3.63, 3.8) is 0 Å². The highest BCUT2D eigenvalue weighted by Gasteiger charge is 1.97. The maximum Gasteiger partial charge on any atom is 0.143 e. The van der Waals surface area contributed by atoms with Crippen molar-refractivity contribution >= 4 is 11.6 Å². The summed E-state index contributed by atoms with van der Waals surface area (Å²) in [6.45, 7) is 2.05. The van der Waals surface area contributed by atoms with Crippen LogP contribution < -0.4 is 0 Å². The zero-order valence-corrected chi connectivity index (χ0v) is 11.5. The topological polar surface area (TPSA) is 29.5 Å². The fraction of sp³-hybridized carbons (Fsp3) is 0.571. The van der Waals surface area contributed by atoms with Crippen LogP contribution in [0, 0.1) is 0 Å². The van der Waals surface area contributed by atoms with Crippen LogP contribution in [-0.2, 0) is 11.2 Å². The second kappa shape index (κ2) is 11.9. The number of hydrogen-bond donors (Lipinski definition) is 1. The van der Waals surface area contributed by atoms with E-state index in [1.165, 1.54) is 38.4 Å². The van der Waals surface area contributed by atoms with Gasteiger partial charge in [0, 0.05) is 12.1 Å². The Hall–Kier alpha value is -0.570. The fourth-order valence-corrected chi connectivity index (χ4v) is 1.67. The molecule has 0 fully saturated rings. The molecule has 0 aliphatic rings. The predicted molar refractivity (Wildman–Crippen MR) is 73.4 cm³/mol. The largest absolute Gasteiger partial charge is 0.371 e. The van der Waals surface area contributed by atoms with Gasteiger partial charge < -0.3 is 9.84 Å². The smallest absolute Gasteiger partial charge is 0.143 e. The van der Waals surface area contributed by atoms with Crippen molar-refractivity contribution in [3.8, 4) is 0 Å². The number of unbranched alkanes of at least 4 members (excludes halogenated alkanes) is 3. The lowest BCUT2D eigenvalue weighted by Gasteiger charge is -2.02. The second-order valence-electron chi connectivity index (χ2n) is 3.82. The van der Waals surface area contributed by atoms with E-state index in [1.807, 2.05) is 12.1 Å². The van der Waals surface area contributed by atoms with E-state index in [0.717, 1.165) is 11.4 Å². The summed E-state index contributed by atoms with van der Waals surface area (Å²) in [5, 5.41) is 8.57. The number of methoxy groups -OCH3 is 1. The summed E-state index contributed by atoms with van der Waals surface area (Å²) < 4.78 is 4.10. The summed E-state index contributed by atoms with van der Waals surface area (Å²) in [4.78, 5) is 0. The number of halogens is 1. The molecule has 0 bridgehead atoms. The lowest BCUT2D eigenvalue weighted by Crippen LogP contribution is -1.86. The van der Waals surface area contributed by atoms with E-state index in [4.69, 9.17) is 16.7 Å². The van der Waals surface area contributed by atoms with Crippen molar-refractivity contribution in [2.45, 2.75) is 39.0 Å². The Morgan fingerprint density at radius 1 is 1.18 bits per heavy atom. The van der Waals surface area contributed by atoms with Crippen LogP contribution >= 0.6 is 11.6 Å². The molecular formula is C14H23ClO2. The summed E-state index contributed by atoms with van der Waals surface area (Å²) in [7, 11) is 1.43. The standard InChI is InChI=1S/C12H17Cl.C2H6O2/c1-2-3-4-5-8-11-9-6-7-10-12(11)13;1-4-2-3/h6-7,9-10H,2-5,8H2,1H3;3H,2H2,1H3. The van der Waals surface area contributed by atoms with Gasteiger partial charge in [-0.05, 0) is 24.5 Å². The Balaban J connectivity index is 0.000000557. The van der Waals surface area contributed by atoms with Gasteiger partial charge in [-0.3, -0.25) is 0 Å². The van der Waals surface area contributed by atoms with E-state index >= 15 is 0 Å².